The summed E-state index contributed by atoms with van der Waals surface area (Å²) in [6, 6.07) is -1.89. The molecule has 0 aromatic carbocycles. The number of carbonyl (C=O) groups excluding carboxylic acids is 1. The standard InChI is InChI=1S/C16H29NO5/c1-4-5-6-7-8-9-10-17(11-12-18,13(2)15(19)20)14(3)16(21)22/h4,13-14,18H,1,5-12H2,2-3H3,(H-,19,20,21,22). The molecule has 3 unspecified atom stereocenters. The lowest BCUT2D eigenvalue weighted by Crippen LogP contribution is -2.67. The molecule has 0 saturated carbocycles. The SMILES string of the molecule is C=CCCCCCC[N+](CCO)(C(C)C(=O)[O-])C(C)C(=O)O. The quantitative estimate of drug-likeness (QED) is 0.294. The third kappa shape index (κ3) is 5.77. The summed E-state index contributed by atoms with van der Waals surface area (Å²) in [4.78, 5) is 22.7. The molecule has 0 spiro atoms. The van der Waals surface area contributed by atoms with Crippen molar-refractivity contribution in [3.8, 4) is 0 Å². The molecule has 0 saturated heterocycles. The minimum Gasteiger partial charge on any atom is -0.544 e. The highest BCUT2D eigenvalue weighted by molar-refractivity contribution is 5.73. The summed E-state index contributed by atoms with van der Waals surface area (Å²) in [5, 5.41) is 29.9. The Kier molecular flexibility index (Phi) is 9.69. The number of hydrogen-bond donors (Lipinski definition) is 2. The van der Waals surface area contributed by atoms with Gasteiger partial charge in [-0.1, -0.05) is 12.5 Å². The van der Waals surface area contributed by atoms with Gasteiger partial charge in [-0.2, -0.15) is 0 Å². The third-order valence-corrected chi connectivity index (χ3v) is 4.49. The van der Waals surface area contributed by atoms with Gasteiger partial charge < -0.3 is 24.6 Å². The lowest BCUT2D eigenvalue weighted by molar-refractivity contribution is -0.956. The van der Waals surface area contributed by atoms with Crippen LogP contribution in [0.15, 0.2) is 12.7 Å². The number of aliphatic hydroxyl groups is 1. The van der Waals surface area contributed by atoms with E-state index in [1.165, 1.54) is 13.8 Å². The van der Waals surface area contributed by atoms with Crippen LogP contribution in [0.25, 0.3) is 0 Å². The van der Waals surface area contributed by atoms with Crippen molar-refractivity contribution < 1.29 is 29.4 Å². The summed E-state index contributed by atoms with van der Waals surface area (Å²) in [5.41, 5.74) is 0. The Bertz CT molecular complexity index is 350. The molecule has 6 heteroatoms. The van der Waals surface area contributed by atoms with Crippen molar-refractivity contribution in [1.82, 2.24) is 0 Å². The van der Waals surface area contributed by atoms with Crippen LogP contribution in [0.3, 0.4) is 0 Å². The van der Waals surface area contributed by atoms with E-state index in [2.05, 4.69) is 6.58 Å². The van der Waals surface area contributed by atoms with Crippen LogP contribution in [-0.2, 0) is 9.59 Å². The molecule has 0 heterocycles. The van der Waals surface area contributed by atoms with E-state index < -0.39 is 24.0 Å². The number of aliphatic hydroxyl groups excluding tert-OH is 1. The fourth-order valence-electron chi connectivity index (χ4n) is 2.89. The van der Waals surface area contributed by atoms with Gasteiger partial charge in [0.25, 0.3) is 0 Å². The van der Waals surface area contributed by atoms with Gasteiger partial charge in [0.1, 0.15) is 12.6 Å². The third-order valence-electron chi connectivity index (χ3n) is 4.49. The minimum atomic E-state index is -1.28. The maximum absolute atomic E-state index is 11.4. The summed E-state index contributed by atoms with van der Waals surface area (Å²) >= 11 is 0. The van der Waals surface area contributed by atoms with Crippen molar-refractivity contribution in [2.24, 2.45) is 0 Å². The van der Waals surface area contributed by atoms with Gasteiger partial charge in [0.2, 0.25) is 0 Å². The maximum atomic E-state index is 11.4. The number of aliphatic carboxylic acids is 2. The van der Waals surface area contributed by atoms with Gasteiger partial charge in [-0.3, -0.25) is 0 Å². The van der Waals surface area contributed by atoms with Crippen molar-refractivity contribution in [3.63, 3.8) is 0 Å². The largest absolute Gasteiger partial charge is 0.544 e. The van der Waals surface area contributed by atoms with E-state index in [0.717, 1.165) is 25.7 Å². The van der Waals surface area contributed by atoms with E-state index in [0.29, 0.717) is 13.0 Å². The molecule has 0 bridgehead atoms. The predicted molar refractivity (Wildman–Crippen MR) is 81.9 cm³/mol. The predicted octanol–water partition coefficient (Wildman–Crippen LogP) is 0.544. The van der Waals surface area contributed by atoms with Crippen LogP contribution >= 0.6 is 0 Å². The Hall–Kier alpha value is -1.40. The molecule has 0 aromatic rings. The number of rotatable bonds is 13. The second kappa shape index (κ2) is 10.3. The Morgan fingerprint density at radius 1 is 1.14 bits per heavy atom. The van der Waals surface area contributed by atoms with Crippen molar-refractivity contribution >= 4 is 11.9 Å². The van der Waals surface area contributed by atoms with E-state index in [4.69, 9.17) is 0 Å². The Morgan fingerprint density at radius 2 is 1.73 bits per heavy atom. The molecule has 2 N–H and O–H groups in total. The number of nitrogens with zero attached hydrogens (tertiary/aromatic N) is 1. The van der Waals surface area contributed by atoms with Crippen LogP contribution in [0.2, 0.25) is 0 Å². The molecule has 0 aromatic heterocycles. The monoisotopic (exact) mass is 315 g/mol. The van der Waals surface area contributed by atoms with E-state index in [-0.39, 0.29) is 17.6 Å². The molecule has 6 nitrogen and oxygen atoms in total. The molecule has 0 radical (unpaired) electrons. The number of quaternary nitrogens is 1. The maximum Gasteiger partial charge on any atom is 0.362 e. The fourth-order valence-corrected chi connectivity index (χ4v) is 2.89. The first-order chi connectivity index (χ1) is 10.3. The zero-order chi connectivity index (χ0) is 17.2. The van der Waals surface area contributed by atoms with Crippen molar-refractivity contribution in [2.75, 3.05) is 19.7 Å². The van der Waals surface area contributed by atoms with Gasteiger partial charge in [-0.25, -0.2) is 4.79 Å². The first kappa shape index (κ1) is 20.6. The minimum absolute atomic E-state index is 0.0925. The first-order valence-electron chi connectivity index (χ1n) is 7.85. The number of unbranched alkanes of at least 4 members (excludes halogenated alkanes) is 4. The molecule has 0 amide bonds. The summed E-state index contributed by atoms with van der Waals surface area (Å²) in [6.45, 7) is 6.85. The zero-order valence-corrected chi connectivity index (χ0v) is 13.7. The number of hydrogen-bond acceptors (Lipinski definition) is 4. The highest BCUT2D eigenvalue weighted by Gasteiger charge is 2.43. The average molecular weight is 315 g/mol. The van der Waals surface area contributed by atoms with Crippen LogP contribution in [0.5, 0.6) is 0 Å². The van der Waals surface area contributed by atoms with Crippen LogP contribution in [0.1, 0.15) is 46.0 Å². The molecule has 0 aliphatic rings. The Balaban J connectivity index is 4.99. The van der Waals surface area contributed by atoms with Crippen molar-refractivity contribution in [1.29, 1.82) is 0 Å². The van der Waals surface area contributed by atoms with Gasteiger partial charge in [0.15, 0.2) is 6.04 Å². The topological polar surface area (TPSA) is 97.7 Å². The number of allylic oxidation sites excluding steroid dienone is 1. The second-order valence-electron chi connectivity index (χ2n) is 5.77. The lowest BCUT2D eigenvalue weighted by Gasteiger charge is -2.46. The average Bonchev–Trinajstić information content (AvgIpc) is 2.47. The summed E-state index contributed by atoms with van der Waals surface area (Å²) in [6.07, 6.45) is 6.42. The smallest absolute Gasteiger partial charge is 0.362 e. The molecule has 0 aliphatic carbocycles. The van der Waals surface area contributed by atoms with Crippen LogP contribution in [0.4, 0.5) is 0 Å². The van der Waals surface area contributed by atoms with E-state index in [9.17, 15) is 24.9 Å². The fraction of sp³-hybridized carbons (Fsp3) is 0.750. The zero-order valence-electron chi connectivity index (χ0n) is 13.7. The molecule has 3 atom stereocenters. The highest BCUT2D eigenvalue weighted by Crippen LogP contribution is 2.22. The molecule has 22 heavy (non-hydrogen) atoms. The van der Waals surface area contributed by atoms with Crippen LogP contribution in [-0.4, -0.2) is 58.4 Å². The Labute approximate surface area is 132 Å². The van der Waals surface area contributed by atoms with Gasteiger partial charge in [0.05, 0.1) is 19.1 Å². The number of carboxylic acid groups (broad SMARTS) is 2. The molecular weight excluding hydrogens is 286 g/mol. The van der Waals surface area contributed by atoms with Crippen LogP contribution in [0, 0.1) is 0 Å². The summed E-state index contributed by atoms with van der Waals surface area (Å²) in [5.74, 6) is -2.35. The molecule has 0 rings (SSSR count). The highest BCUT2D eigenvalue weighted by atomic mass is 16.4. The Morgan fingerprint density at radius 3 is 2.18 bits per heavy atom. The van der Waals surface area contributed by atoms with E-state index in [1.54, 1.807) is 0 Å². The van der Waals surface area contributed by atoms with Gasteiger partial charge in [0, 0.05) is 0 Å². The summed E-state index contributed by atoms with van der Waals surface area (Å²) in [7, 11) is 0. The van der Waals surface area contributed by atoms with Gasteiger partial charge >= 0.3 is 5.97 Å². The van der Waals surface area contributed by atoms with Crippen LogP contribution < -0.4 is 5.11 Å². The molecule has 0 aliphatic heterocycles. The van der Waals surface area contributed by atoms with Crippen molar-refractivity contribution in [3.05, 3.63) is 12.7 Å². The molecule has 0 fully saturated rings. The normalized spacial score (nSPS) is 16.5. The second-order valence-corrected chi connectivity index (χ2v) is 5.77. The van der Waals surface area contributed by atoms with Gasteiger partial charge in [-0.15, -0.1) is 6.58 Å². The molecular formula is C16H29NO5. The number of carbonyl (C=O) groups is 2. The van der Waals surface area contributed by atoms with E-state index >= 15 is 0 Å². The lowest BCUT2D eigenvalue weighted by atomic mass is 10.0. The summed E-state index contributed by atoms with van der Waals surface area (Å²) < 4.78 is -0.185. The first-order valence-corrected chi connectivity index (χ1v) is 7.85. The van der Waals surface area contributed by atoms with E-state index in [1.807, 2.05) is 6.08 Å². The van der Waals surface area contributed by atoms with Gasteiger partial charge in [-0.05, 0) is 39.5 Å². The molecule has 128 valence electrons. The van der Waals surface area contributed by atoms with Crippen molar-refractivity contribution in [2.45, 2.75) is 58.0 Å². The number of carboxylic acids is 2.